The molecule has 1 fully saturated rings. The van der Waals surface area contributed by atoms with Crippen LogP contribution in [0.15, 0.2) is 30.3 Å². The topological polar surface area (TPSA) is 65.1 Å². The van der Waals surface area contributed by atoms with Crippen molar-refractivity contribution in [1.29, 1.82) is 0 Å². The minimum Gasteiger partial charge on any atom is -0.459 e. The summed E-state index contributed by atoms with van der Waals surface area (Å²) in [4.78, 5) is 26.4. The molecule has 1 aromatic carbocycles. The molecule has 1 amide bonds. The molecular weight excluding hydrogens is 310 g/mol. The van der Waals surface area contributed by atoms with E-state index in [0.717, 1.165) is 5.56 Å². The third kappa shape index (κ3) is 4.06. The third-order valence-corrected chi connectivity index (χ3v) is 3.80. The Morgan fingerprint density at radius 1 is 1.25 bits per heavy atom. The lowest BCUT2D eigenvalue weighted by Gasteiger charge is -2.35. The molecule has 1 saturated heterocycles. The largest absolute Gasteiger partial charge is 0.459 e. The molecule has 0 N–H and O–H groups in total. The van der Waals surface area contributed by atoms with Gasteiger partial charge in [0.1, 0.15) is 6.61 Å². The highest BCUT2D eigenvalue weighted by Gasteiger charge is 2.53. The smallest absolute Gasteiger partial charge is 0.412 e. The number of carbonyl (C=O) groups excluding carboxylic acids is 2. The number of nitrogens with zero attached hydrogens (tertiary/aromatic N) is 1. The van der Waals surface area contributed by atoms with Crippen LogP contribution in [0.5, 0.6) is 0 Å². The number of likely N-dealkylation sites (tertiary alicyclic amines) is 1. The summed E-state index contributed by atoms with van der Waals surface area (Å²) in [6.07, 6.45) is 0.226. The Morgan fingerprint density at radius 3 is 2.58 bits per heavy atom. The number of hydrogen-bond donors (Lipinski definition) is 0. The third-order valence-electron chi connectivity index (χ3n) is 3.80. The van der Waals surface area contributed by atoms with Crippen LogP contribution in [0.4, 0.5) is 4.79 Å². The van der Waals surface area contributed by atoms with Crippen LogP contribution >= 0.6 is 0 Å². The molecule has 1 heterocycles. The molecule has 1 atom stereocenters. The standard InChI is InChI=1S/C18H25NO5/c1-4-23-18(16(20)24-14(2)3)11-8-12-19(18)17(21)22-13-15-9-6-5-7-10-15/h5-7,9-10,14H,4,8,11-13H2,1-3H3/t18-/m1/s1. The first-order chi connectivity index (χ1) is 11.5. The summed E-state index contributed by atoms with van der Waals surface area (Å²) >= 11 is 0. The van der Waals surface area contributed by atoms with Gasteiger partial charge in [-0.1, -0.05) is 30.3 Å². The highest BCUT2D eigenvalue weighted by atomic mass is 16.6. The summed E-state index contributed by atoms with van der Waals surface area (Å²) in [6, 6.07) is 9.40. The SMILES string of the molecule is CCO[C@@]1(C(=O)OC(C)C)CCCN1C(=O)OCc1ccccc1. The van der Waals surface area contributed by atoms with Crippen molar-refractivity contribution in [3.8, 4) is 0 Å². The second-order valence-electron chi connectivity index (χ2n) is 5.97. The van der Waals surface area contributed by atoms with E-state index in [1.165, 1.54) is 4.90 Å². The Labute approximate surface area is 142 Å². The van der Waals surface area contributed by atoms with Gasteiger partial charge in [-0.2, -0.15) is 0 Å². The van der Waals surface area contributed by atoms with Crippen molar-refractivity contribution in [2.45, 2.75) is 52.0 Å². The van der Waals surface area contributed by atoms with Crippen LogP contribution < -0.4 is 0 Å². The van der Waals surface area contributed by atoms with Gasteiger partial charge in [-0.25, -0.2) is 9.59 Å². The van der Waals surface area contributed by atoms with Gasteiger partial charge in [0.2, 0.25) is 5.72 Å². The van der Waals surface area contributed by atoms with Crippen molar-refractivity contribution in [3.05, 3.63) is 35.9 Å². The van der Waals surface area contributed by atoms with Crippen molar-refractivity contribution in [2.24, 2.45) is 0 Å². The molecule has 24 heavy (non-hydrogen) atoms. The molecule has 0 spiro atoms. The molecule has 6 heteroatoms. The van der Waals surface area contributed by atoms with E-state index in [9.17, 15) is 9.59 Å². The summed E-state index contributed by atoms with van der Waals surface area (Å²) in [5.41, 5.74) is -0.496. The van der Waals surface area contributed by atoms with Gasteiger partial charge in [-0.05, 0) is 32.8 Å². The maximum atomic E-state index is 12.6. The summed E-state index contributed by atoms with van der Waals surface area (Å²) in [7, 11) is 0. The zero-order chi connectivity index (χ0) is 17.6. The predicted octanol–water partition coefficient (Wildman–Crippen LogP) is 3.10. The van der Waals surface area contributed by atoms with Gasteiger partial charge in [0, 0.05) is 19.6 Å². The second kappa shape index (κ2) is 8.15. The average molecular weight is 335 g/mol. The van der Waals surface area contributed by atoms with E-state index in [1.54, 1.807) is 20.8 Å². The highest BCUT2D eigenvalue weighted by molar-refractivity contribution is 5.85. The molecular formula is C18H25NO5. The molecule has 6 nitrogen and oxygen atoms in total. The molecule has 0 bridgehead atoms. The van der Waals surface area contributed by atoms with Crippen molar-refractivity contribution in [2.75, 3.05) is 13.2 Å². The van der Waals surface area contributed by atoms with E-state index in [1.807, 2.05) is 30.3 Å². The molecule has 0 aromatic heterocycles. The Hall–Kier alpha value is -2.08. The normalized spacial score (nSPS) is 20.2. The fourth-order valence-electron chi connectivity index (χ4n) is 2.79. The maximum absolute atomic E-state index is 12.6. The fourth-order valence-corrected chi connectivity index (χ4v) is 2.79. The number of hydrogen-bond acceptors (Lipinski definition) is 5. The minimum atomic E-state index is -1.38. The van der Waals surface area contributed by atoms with Crippen LogP contribution in [0.3, 0.4) is 0 Å². The zero-order valence-corrected chi connectivity index (χ0v) is 14.5. The molecule has 1 aliphatic heterocycles. The molecule has 1 aromatic rings. The van der Waals surface area contributed by atoms with Crippen LogP contribution in [-0.2, 0) is 25.6 Å². The first-order valence-electron chi connectivity index (χ1n) is 8.33. The van der Waals surface area contributed by atoms with Crippen LogP contribution in [0.1, 0.15) is 39.2 Å². The van der Waals surface area contributed by atoms with Gasteiger partial charge in [0.25, 0.3) is 0 Å². The monoisotopic (exact) mass is 335 g/mol. The van der Waals surface area contributed by atoms with E-state index in [-0.39, 0.29) is 12.7 Å². The van der Waals surface area contributed by atoms with Gasteiger partial charge in [0.15, 0.2) is 0 Å². The second-order valence-corrected chi connectivity index (χ2v) is 5.97. The van der Waals surface area contributed by atoms with E-state index in [4.69, 9.17) is 14.2 Å². The quantitative estimate of drug-likeness (QED) is 0.747. The number of ether oxygens (including phenoxy) is 3. The number of amides is 1. The zero-order valence-electron chi connectivity index (χ0n) is 14.5. The average Bonchev–Trinajstić information content (AvgIpc) is 2.98. The minimum absolute atomic E-state index is 0.150. The summed E-state index contributed by atoms with van der Waals surface area (Å²) in [5, 5.41) is 0. The number of rotatable bonds is 6. The maximum Gasteiger partial charge on any atom is 0.412 e. The lowest BCUT2D eigenvalue weighted by atomic mass is 10.1. The van der Waals surface area contributed by atoms with E-state index >= 15 is 0 Å². The molecule has 0 unspecified atom stereocenters. The van der Waals surface area contributed by atoms with Gasteiger partial charge >= 0.3 is 12.1 Å². The van der Waals surface area contributed by atoms with Crippen LogP contribution in [0.25, 0.3) is 0 Å². The molecule has 0 radical (unpaired) electrons. The Bertz CT molecular complexity index is 560. The number of benzene rings is 1. The molecule has 0 aliphatic carbocycles. The van der Waals surface area contributed by atoms with Gasteiger partial charge in [-0.15, -0.1) is 0 Å². The van der Waals surface area contributed by atoms with Crippen LogP contribution in [0.2, 0.25) is 0 Å². The van der Waals surface area contributed by atoms with Crippen molar-refractivity contribution < 1.29 is 23.8 Å². The Morgan fingerprint density at radius 2 is 1.96 bits per heavy atom. The van der Waals surface area contributed by atoms with Crippen molar-refractivity contribution >= 4 is 12.1 Å². The molecule has 1 aliphatic rings. The van der Waals surface area contributed by atoms with E-state index < -0.39 is 17.8 Å². The van der Waals surface area contributed by atoms with Crippen molar-refractivity contribution in [3.63, 3.8) is 0 Å². The highest BCUT2D eigenvalue weighted by Crippen LogP contribution is 2.33. The predicted molar refractivity (Wildman–Crippen MR) is 88.2 cm³/mol. The first kappa shape index (κ1) is 18.3. The van der Waals surface area contributed by atoms with Gasteiger partial charge < -0.3 is 14.2 Å². The number of carbonyl (C=O) groups is 2. The lowest BCUT2D eigenvalue weighted by molar-refractivity contribution is -0.195. The summed E-state index contributed by atoms with van der Waals surface area (Å²) in [5.74, 6) is -0.534. The summed E-state index contributed by atoms with van der Waals surface area (Å²) in [6.45, 7) is 6.18. The molecule has 132 valence electrons. The molecule has 2 rings (SSSR count). The van der Waals surface area contributed by atoms with Crippen LogP contribution in [0, 0.1) is 0 Å². The van der Waals surface area contributed by atoms with Crippen LogP contribution in [-0.4, -0.2) is 41.9 Å². The van der Waals surface area contributed by atoms with E-state index in [2.05, 4.69) is 0 Å². The van der Waals surface area contributed by atoms with Crippen molar-refractivity contribution in [1.82, 2.24) is 4.90 Å². The Kier molecular flexibility index (Phi) is 6.20. The lowest BCUT2D eigenvalue weighted by Crippen LogP contribution is -2.56. The number of esters is 1. The Balaban J connectivity index is 2.10. The molecule has 0 saturated carbocycles. The summed E-state index contributed by atoms with van der Waals surface area (Å²) < 4.78 is 16.4. The fraction of sp³-hybridized carbons (Fsp3) is 0.556. The van der Waals surface area contributed by atoms with Gasteiger partial charge in [0.05, 0.1) is 6.10 Å². The van der Waals surface area contributed by atoms with Gasteiger partial charge in [-0.3, -0.25) is 4.90 Å². The van der Waals surface area contributed by atoms with E-state index in [0.29, 0.717) is 26.0 Å². The first-order valence-corrected chi connectivity index (χ1v) is 8.33.